The highest BCUT2D eigenvalue weighted by Crippen LogP contribution is 2.36. The van der Waals surface area contributed by atoms with Crippen LogP contribution in [0.15, 0.2) is 52.2 Å². The number of benzene rings is 2. The van der Waals surface area contributed by atoms with E-state index in [9.17, 15) is 9.90 Å². The molecule has 0 fully saturated rings. The van der Waals surface area contributed by atoms with E-state index in [1.807, 2.05) is 0 Å². The molecule has 0 aliphatic heterocycles. The number of phenols is 1. The fraction of sp³-hybridized carbons (Fsp3) is 0.0625. The van der Waals surface area contributed by atoms with E-state index in [1.54, 1.807) is 36.4 Å². The largest absolute Gasteiger partial charge is 0.506 e. The summed E-state index contributed by atoms with van der Waals surface area (Å²) in [7, 11) is 0. The predicted molar refractivity (Wildman–Crippen MR) is 80.6 cm³/mol. The van der Waals surface area contributed by atoms with Crippen LogP contribution in [0.5, 0.6) is 5.75 Å². The summed E-state index contributed by atoms with van der Waals surface area (Å²) in [4.78, 5) is 12.5. The summed E-state index contributed by atoms with van der Waals surface area (Å²) in [5.41, 5.74) is 1.05. The third-order valence-electron chi connectivity index (χ3n) is 3.23. The van der Waals surface area contributed by atoms with Crippen molar-refractivity contribution in [1.82, 2.24) is 0 Å². The van der Waals surface area contributed by atoms with Gasteiger partial charge in [0, 0.05) is 5.56 Å². The van der Waals surface area contributed by atoms with E-state index in [0.29, 0.717) is 28.3 Å². The summed E-state index contributed by atoms with van der Waals surface area (Å²) in [5, 5.41) is 11.0. The van der Waals surface area contributed by atoms with Gasteiger partial charge in [0.2, 0.25) is 5.43 Å². The van der Waals surface area contributed by atoms with Crippen molar-refractivity contribution in [1.29, 1.82) is 0 Å². The first-order chi connectivity index (χ1) is 9.63. The maximum atomic E-state index is 12.5. The van der Waals surface area contributed by atoms with Crippen LogP contribution >= 0.6 is 11.6 Å². The number of fused-ring (bicyclic) bond motifs is 2. The third-order valence-corrected chi connectivity index (χ3v) is 3.58. The van der Waals surface area contributed by atoms with Crippen LogP contribution in [0, 0.1) is 0 Å². The molecule has 3 rings (SSSR count). The summed E-state index contributed by atoms with van der Waals surface area (Å²) in [6.45, 7) is 3.62. The van der Waals surface area contributed by atoms with Crippen molar-refractivity contribution < 1.29 is 9.52 Å². The lowest BCUT2D eigenvalue weighted by Crippen LogP contribution is -2.03. The van der Waals surface area contributed by atoms with Crippen molar-refractivity contribution >= 4 is 33.5 Å². The zero-order valence-electron chi connectivity index (χ0n) is 10.5. The molecule has 0 radical (unpaired) electrons. The molecular formula is C16H11ClO3. The van der Waals surface area contributed by atoms with E-state index in [2.05, 4.69) is 6.58 Å². The molecule has 20 heavy (non-hydrogen) atoms. The van der Waals surface area contributed by atoms with Crippen LogP contribution in [0.25, 0.3) is 21.9 Å². The molecule has 3 aromatic rings. The monoisotopic (exact) mass is 286 g/mol. The van der Waals surface area contributed by atoms with Crippen LogP contribution in [-0.4, -0.2) is 5.11 Å². The Morgan fingerprint density at radius 2 is 2.05 bits per heavy atom. The van der Waals surface area contributed by atoms with Crippen molar-refractivity contribution in [3.8, 4) is 5.75 Å². The quantitative estimate of drug-likeness (QED) is 0.571. The highest BCUT2D eigenvalue weighted by molar-refractivity contribution is 6.36. The van der Waals surface area contributed by atoms with E-state index in [0.717, 1.165) is 0 Å². The van der Waals surface area contributed by atoms with Gasteiger partial charge in [-0.25, -0.2) is 0 Å². The maximum absolute atomic E-state index is 12.5. The second kappa shape index (κ2) is 4.69. The summed E-state index contributed by atoms with van der Waals surface area (Å²) in [6, 6.07) is 8.56. The number of para-hydroxylation sites is 1. The average molecular weight is 287 g/mol. The van der Waals surface area contributed by atoms with Gasteiger partial charge in [-0.2, -0.15) is 0 Å². The summed E-state index contributed by atoms with van der Waals surface area (Å²) >= 11 is 6.12. The normalized spacial score (nSPS) is 11.1. The van der Waals surface area contributed by atoms with Crippen LogP contribution in [0.2, 0.25) is 5.02 Å². The van der Waals surface area contributed by atoms with Crippen molar-refractivity contribution in [2.24, 2.45) is 0 Å². The first kappa shape index (κ1) is 12.8. The zero-order chi connectivity index (χ0) is 14.3. The van der Waals surface area contributed by atoms with Crippen LogP contribution < -0.4 is 5.43 Å². The fourth-order valence-electron chi connectivity index (χ4n) is 2.25. The average Bonchev–Trinajstić information content (AvgIpc) is 2.46. The van der Waals surface area contributed by atoms with Crippen LogP contribution in [0.3, 0.4) is 0 Å². The van der Waals surface area contributed by atoms with E-state index in [-0.39, 0.29) is 21.8 Å². The van der Waals surface area contributed by atoms with Gasteiger partial charge in [0.25, 0.3) is 0 Å². The fourth-order valence-corrected chi connectivity index (χ4v) is 2.51. The molecule has 1 heterocycles. The van der Waals surface area contributed by atoms with Gasteiger partial charge >= 0.3 is 0 Å². The molecule has 1 aromatic heterocycles. The third kappa shape index (κ3) is 1.79. The van der Waals surface area contributed by atoms with Gasteiger partial charge < -0.3 is 9.52 Å². The molecule has 0 amide bonds. The Balaban J connectivity index is 2.52. The SMILES string of the molecule is C=CCc1cc2c(=O)c3ccccc3oc2c(Cl)c1O. The van der Waals surface area contributed by atoms with Crippen molar-refractivity contribution in [3.05, 3.63) is 63.8 Å². The molecule has 0 atom stereocenters. The second-order valence-electron chi connectivity index (χ2n) is 4.50. The Hall–Kier alpha value is -2.26. The van der Waals surface area contributed by atoms with Gasteiger partial charge in [0.05, 0.1) is 10.8 Å². The minimum Gasteiger partial charge on any atom is -0.506 e. The van der Waals surface area contributed by atoms with E-state index in [1.165, 1.54) is 0 Å². The number of rotatable bonds is 2. The lowest BCUT2D eigenvalue weighted by Gasteiger charge is -2.08. The van der Waals surface area contributed by atoms with E-state index < -0.39 is 0 Å². The molecule has 2 aromatic carbocycles. The number of hydrogen-bond donors (Lipinski definition) is 1. The zero-order valence-corrected chi connectivity index (χ0v) is 11.3. The molecular weight excluding hydrogens is 276 g/mol. The molecule has 0 aliphatic carbocycles. The van der Waals surface area contributed by atoms with Crippen molar-refractivity contribution in [3.63, 3.8) is 0 Å². The Morgan fingerprint density at radius 1 is 1.30 bits per heavy atom. The maximum Gasteiger partial charge on any atom is 0.200 e. The number of phenolic OH excluding ortho intramolecular Hbond substituents is 1. The summed E-state index contributed by atoms with van der Waals surface area (Å²) in [6.07, 6.45) is 2.06. The molecule has 0 saturated carbocycles. The van der Waals surface area contributed by atoms with Crippen molar-refractivity contribution in [2.45, 2.75) is 6.42 Å². The Morgan fingerprint density at radius 3 is 2.80 bits per heavy atom. The first-order valence-electron chi connectivity index (χ1n) is 6.10. The molecule has 0 unspecified atom stereocenters. The number of hydrogen-bond acceptors (Lipinski definition) is 3. The molecule has 0 saturated heterocycles. The van der Waals surface area contributed by atoms with E-state index in [4.69, 9.17) is 16.0 Å². The first-order valence-corrected chi connectivity index (χ1v) is 6.48. The smallest absolute Gasteiger partial charge is 0.200 e. The molecule has 4 heteroatoms. The van der Waals surface area contributed by atoms with E-state index >= 15 is 0 Å². The van der Waals surface area contributed by atoms with Gasteiger partial charge in [-0.05, 0) is 24.6 Å². The standard InChI is InChI=1S/C16H11ClO3/c1-2-5-9-8-11-15(19)10-6-3-4-7-12(10)20-16(11)13(17)14(9)18/h2-4,6-8,18H,1,5H2. The lowest BCUT2D eigenvalue weighted by molar-refractivity contribution is 0.469. The van der Waals surface area contributed by atoms with Gasteiger partial charge in [-0.1, -0.05) is 29.8 Å². The Bertz CT molecular complexity index is 893. The topological polar surface area (TPSA) is 50.4 Å². The van der Waals surface area contributed by atoms with Crippen LogP contribution in [0.1, 0.15) is 5.56 Å². The van der Waals surface area contributed by atoms with Crippen LogP contribution in [-0.2, 0) is 6.42 Å². The van der Waals surface area contributed by atoms with Gasteiger partial charge in [-0.15, -0.1) is 6.58 Å². The van der Waals surface area contributed by atoms with Gasteiger partial charge in [0.1, 0.15) is 16.4 Å². The van der Waals surface area contributed by atoms with Crippen molar-refractivity contribution in [2.75, 3.05) is 0 Å². The van der Waals surface area contributed by atoms with Crippen LogP contribution in [0.4, 0.5) is 0 Å². The molecule has 100 valence electrons. The number of aromatic hydroxyl groups is 1. The molecule has 0 bridgehead atoms. The van der Waals surface area contributed by atoms with Gasteiger partial charge in [-0.3, -0.25) is 4.79 Å². The minimum absolute atomic E-state index is 0.0576. The Labute approximate surface area is 119 Å². The molecule has 0 spiro atoms. The summed E-state index contributed by atoms with van der Waals surface area (Å²) < 4.78 is 5.65. The Kier molecular flexibility index (Phi) is 2.99. The van der Waals surface area contributed by atoms with Gasteiger partial charge in [0.15, 0.2) is 5.58 Å². The highest BCUT2D eigenvalue weighted by atomic mass is 35.5. The predicted octanol–water partition coefficient (Wildman–Crippen LogP) is 4.03. The second-order valence-corrected chi connectivity index (χ2v) is 4.87. The minimum atomic E-state index is -0.158. The number of allylic oxidation sites excluding steroid dienone is 1. The molecule has 1 N–H and O–H groups in total. The number of halogens is 1. The molecule has 0 aliphatic rings. The lowest BCUT2D eigenvalue weighted by atomic mass is 10.1. The highest BCUT2D eigenvalue weighted by Gasteiger charge is 2.16. The summed E-state index contributed by atoms with van der Waals surface area (Å²) in [5.74, 6) is -0.0718. The molecule has 3 nitrogen and oxygen atoms in total.